The second-order valence-corrected chi connectivity index (χ2v) is 4.03. The molecule has 0 atom stereocenters. The van der Waals surface area contributed by atoms with Gasteiger partial charge in [0.25, 0.3) is 0 Å². The van der Waals surface area contributed by atoms with E-state index in [0.29, 0.717) is 0 Å². The lowest BCUT2D eigenvalue weighted by atomic mass is 10.8. The van der Waals surface area contributed by atoms with Crippen LogP contribution in [0.5, 0.6) is 0 Å². The predicted octanol–water partition coefficient (Wildman–Crippen LogP) is -2.63. The molecule has 4 N–H and O–H groups in total. The van der Waals surface area contributed by atoms with Crippen LogP contribution < -0.4 is 11.5 Å². The van der Waals surface area contributed by atoms with Crippen LogP contribution in [0.3, 0.4) is 0 Å². The fourth-order valence-electron chi connectivity index (χ4n) is 0.485. The molecule has 0 aliphatic carbocycles. The summed E-state index contributed by atoms with van der Waals surface area (Å²) in [4.78, 5) is 20.2. The van der Waals surface area contributed by atoms with E-state index in [1.165, 1.54) is 0 Å². The van der Waals surface area contributed by atoms with Gasteiger partial charge < -0.3 is 11.5 Å². The fraction of sp³-hybridized carbons (Fsp3) is 0.500. The minimum atomic E-state index is -3.73. The maximum Gasteiger partial charge on any atom is 0.232 e. The largest absolute Gasteiger partial charge is 0.369 e. The van der Waals surface area contributed by atoms with Crippen LogP contribution in [0.15, 0.2) is 0 Å². The Balaban J connectivity index is 4.25. The molecule has 11 heavy (non-hydrogen) atoms. The van der Waals surface area contributed by atoms with Gasteiger partial charge in [-0.05, 0) is 0 Å². The highest BCUT2D eigenvalue weighted by atomic mass is 32.2. The van der Waals surface area contributed by atoms with Gasteiger partial charge in [0, 0.05) is 0 Å². The lowest BCUT2D eigenvalue weighted by Crippen LogP contribution is -2.30. The van der Waals surface area contributed by atoms with Crippen LogP contribution in [-0.4, -0.2) is 31.7 Å². The Morgan fingerprint density at radius 1 is 1.00 bits per heavy atom. The summed E-state index contributed by atoms with van der Waals surface area (Å²) in [5.41, 5.74) is 9.17. The van der Waals surface area contributed by atoms with Gasteiger partial charge in [0.15, 0.2) is 9.84 Å². The van der Waals surface area contributed by atoms with E-state index in [9.17, 15) is 18.0 Å². The van der Waals surface area contributed by atoms with Gasteiger partial charge in [-0.3, -0.25) is 9.59 Å². The molecule has 0 fully saturated rings. The molecule has 0 aliphatic rings. The van der Waals surface area contributed by atoms with E-state index in [1.54, 1.807) is 0 Å². The van der Waals surface area contributed by atoms with Crippen LogP contribution in [0.1, 0.15) is 0 Å². The minimum absolute atomic E-state index is 0.837. The molecule has 0 aromatic carbocycles. The maximum absolute atomic E-state index is 10.6. The van der Waals surface area contributed by atoms with E-state index in [4.69, 9.17) is 0 Å². The van der Waals surface area contributed by atoms with E-state index in [0.717, 1.165) is 0 Å². The summed E-state index contributed by atoms with van der Waals surface area (Å²) in [6.45, 7) is 0. The molecule has 64 valence electrons. The first-order valence-corrected chi connectivity index (χ1v) is 4.42. The van der Waals surface area contributed by atoms with Gasteiger partial charge >= 0.3 is 0 Å². The molecule has 0 rings (SSSR count). The molecule has 6 nitrogen and oxygen atoms in total. The van der Waals surface area contributed by atoms with E-state index < -0.39 is 33.2 Å². The fourth-order valence-corrected chi connectivity index (χ4v) is 1.45. The number of nitrogens with two attached hydrogens (primary N) is 2. The molecule has 0 aromatic heterocycles. The smallest absolute Gasteiger partial charge is 0.232 e. The van der Waals surface area contributed by atoms with Gasteiger partial charge in [0.2, 0.25) is 11.8 Å². The van der Waals surface area contributed by atoms with Crippen LogP contribution in [0.2, 0.25) is 0 Å². The molecule has 0 aromatic rings. The lowest BCUT2D eigenvalue weighted by Gasteiger charge is -1.95. The summed E-state index contributed by atoms with van der Waals surface area (Å²) in [7, 11) is -3.73. The van der Waals surface area contributed by atoms with Crippen LogP contribution in [0.4, 0.5) is 0 Å². The number of sulfone groups is 1. The predicted molar refractivity (Wildman–Crippen MR) is 37.0 cm³/mol. The molecule has 0 saturated carbocycles. The van der Waals surface area contributed by atoms with Gasteiger partial charge in [0.05, 0.1) is 0 Å². The van der Waals surface area contributed by atoms with E-state index in [2.05, 4.69) is 11.5 Å². The Hall–Kier alpha value is -1.11. The summed E-state index contributed by atoms with van der Waals surface area (Å²) < 4.78 is 21.3. The molecule has 7 heteroatoms. The Labute approximate surface area is 63.5 Å². The number of carbonyl (C=O) groups excluding carboxylic acids is 2. The first-order chi connectivity index (χ1) is 4.83. The van der Waals surface area contributed by atoms with Gasteiger partial charge in [0.1, 0.15) is 11.5 Å². The van der Waals surface area contributed by atoms with Gasteiger partial charge in [-0.25, -0.2) is 8.42 Å². The molecule has 0 aliphatic heterocycles. The average molecular weight is 180 g/mol. The van der Waals surface area contributed by atoms with Crippen molar-refractivity contribution in [3.63, 3.8) is 0 Å². The highest BCUT2D eigenvalue weighted by molar-refractivity contribution is 7.92. The van der Waals surface area contributed by atoms with Gasteiger partial charge in [-0.2, -0.15) is 0 Å². The number of amides is 2. The van der Waals surface area contributed by atoms with Crippen LogP contribution >= 0.6 is 0 Å². The number of rotatable bonds is 4. The Bertz CT molecular complexity index is 246. The zero-order valence-corrected chi connectivity index (χ0v) is 6.43. The number of carbonyl (C=O) groups is 2. The van der Waals surface area contributed by atoms with Crippen LogP contribution in [0, 0.1) is 0 Å². The molecule has 0 bridgehead atoms. The topological polar surface area (TPSA) is 120 Å². The van der Waals surface area contributed by atoms with Crippen molar-refractivity contribution in [3.05, 3.63) is 0 Å². The third-order valence-corrected chi connectivity index (χ3v) is 2.17. The molecule has 0 radical (unpaired) electrons. The molecule has 2 amide bonds. The highest BCUT2D eigenvalue weighted by Crippen LogP contribution is 1.87. The number of hydrogen-bond donors (Lipinski definition) is 2. The summed E-state index contributed by atoms with van der Waals surface area (Å²) in [6, 6.07) is 0. The summed E-state index contributed by atoms with van der Waals surface area (Å²) in [6.07, 6.45) is 0. The second-order valence-electron chi connectivity index (χ2n) is 1.96. The average Bonchev–Trinajstić information content (AvgIpc) is 1.53. The van der Waals surface area contributed by atoms with Crippen molar-refractivity contribution in [1.82, 2.24) is 0 Å². The van der Waals surface area contributed by atoms with Crippen molar-refractivity contribution in [2.45, 2.75) is 0 Å². The first-order valence-electron chi connectivity index (χ1n) is 2.60. The van der Waals surface area contributed by atoms with E-state index in [1.807, 2.05) is 0 Å². The summed E-state index contributed by atoms with van der Waals surface area (Å²) in [5, 5.41) is 0. The summed E-state index contributed by atoms with van der Waals surface area (Å²) in [5.74, 6) is -3.66. The zero-order chi connectivity index (χ0) is 9.07. The van der Waals surface area contributed by atoms with Crippen molar-refractivity contribution in [2.24, 2.45) is 11.5 Å². The standard InChI is InChI=1S/C4H8N2O4S/c5-3(7)1-11(9,10)2-4(6)8/h1-2H2,(H2,5,7)(H2,6,8). The lowest BCUT2D eigenvalue weighted by molar-refractivity contribution is -0.116. The third-order valence-electron chi connectivity index (χ3n) is 0.724. The quantitative estimate of drug-likeness (QED) is 0.491. The van der Waals surface area contributed by atoms with Gasteiger partial charge in [-0.15, -0.1) is 0 Å². The molecule has 0 unspecified atom stereocenters. The molecule has 0 spiro atoms. The molecule has 0 saturated heterocycles. The first kappa shape index (κ1) is 9.89. The Kier molecular flexibility index (Phi) is 2.99. The van der Waals surface area contributed by atoms with Crippen LogP contribution in [0.25, 0.3) is 0 Å². The SMILES string of the molecule is NC(=O)CS(=O)(=O)CC(N)=O. The number of primary amides is 2. The minimum Gasteiger partial charge on any atom is -0.369 e. The number of hydrogen-bond acceptors (Lipinski definition) is 4. The normalized spacial score (nSPS) is 10.9. The second kappa shape index (κ2) is 3.33. The molecular formula is C4H8N2O4S. The Morgan fingerprint density at radius 2 is 1.27 bits per heavy atom. The van der Waals surface area contributed by atoms with Crippen molar-refractivity contribution < 1.29 is 18.0 Å². The Morgan fingerprint density at radius 3 is 1.45 bits per heavy atom. The van der Waals surface area contributed by atoms with Gasteiger partial charge in [-0.1, -0.05) is 0 Å². The van der Waals surface area contributed by atoms with Crippen molar-refractivity contribution >= 4 is 21.7 Å². The molecular weight excluding hydrogens is 172 g/mol. The van der Waals surface area contributed by atoms with Crippen molar-refractivity contribution in [1.29, 1.82) is 0 Å². The summed E-state index contributed by atoms with van der Waals surface area (Å²) >= 11 is 0. The van der Waals surface area contributed by atoms with E-state index in [-0.39, 0.29) is 0 Å². The zero-order valence-electron chi connectivity index (χ0n) is 5.61. The highest BCUT2D eigenvalue weighted by Gasteiger charge is 2.16. The maximum atomic E-state index is 10.6. The van der Waals surface area contributed by atoms with Crippen molar-refractivity contribution in [3.8, 4) is 0 Å². The van der Waals surface area contributed by atoms with E-state index >= 15 is 0 Å². The monoisotopic (exact) mass is 180 g/mol. The molecule has 0 heterocycles. The van der Waals surface area contributed by atoms with Crippen molar-refractivity contribution in [2.75, 3.05) is 11.5 Å². The van der Waals surface area contributed by atoms with Crippen LogP contribution in [-0.2, 0) is 19.4 Å². The third kappa shape index (κ3) is 5.34.